The van der Waals surface area contributed by atoms with Crippen LogP contribution in [0.2, 0.25) is 10.0 Å². The number of nitrogens with zero attached hydrogens (tertiary/aromatic N) is 1. The quantitative estimate of drug-likeness (QED) is 0.391. The number of carbonyl (C=O) groups excluding carboxylic acids is 2. The van der Waals surface area contributed by atoms with Gasteiger partial charge >= 0.3 is 0 Å². The van der Waals surface area contributed by atoms with Gasteiger partial charge in [0, 0.05) is 41.8 Å². The highest BCUT2D eigenvalue weighted by Crippen LogP contribution is 2.57. The zero-order valence-electron chi connectivity index (χ0n) is 23.2. The molecule has 0 saturated carbocycles. The lowest BCUT2D eigenvalue weighted by Gasteiger charge is -2.38. The van der Waals surface area contributed by atoms with Gasteiger partial charge < -0.3 is 16.0 Å². The van der Waals surface area contributed by atoms with E-state index in [1.165, 1.54) is 6.07 Å². The van der Waals surface area contributed by atoms with Crippen LogP contribution in [0.15, 0.2) is 36.4 Å². The molecule has 222 valence electrons. The summed E-state index contributed by atoms with van der Waals surface area (Å²) in [6.45, 7) is 6.73. The van der Waals surface area contributed by atoms with Crippen molar-refractivity contribution >= 4 is 40.7 Å². The second kappa shape index (κ2) is 11.4. The van der Waals surface area contributed by atoms with Gasteiger partial charge in [-0.15, -0.1) is 0 Å². The van der Waals surface area contributed by atoms with Crippen LogP contribution in [-0.2, 0) is 15.0 Å². The largest absolute Gasteiger partial charge is 0.352 e. The maximum absolute atomic E-state index is 15.9. The predicted molar refractivity (Wildman–Crippen MR) is 154 cm³/mol. The Morgan fingerprint density at radius 1 is 1.17 bits per heavy atom. The number of benzene rings is 2. The third-order valence-electron chi connectivity index (χ3n) is 8.55. The first-order chi connectivity index (χ1) is 19.3. The molecule has 0 aromatic heterocycles. The molecule has 3 N–H and O–H groups in total. The molecule has 41 heavy (non-hydrogen) atoms. The van der Waals surface area contributed by atoms with Crippen molar-refractivity contribution in [3.8, 4) is 0 Å². The minimum atomic E-state index is -2.41. The first kappa shape index (κ1) is 30.1. The van der Waals surface area contributed by atoms with E-state index in [0.29, 0.717) is 48.6 Å². The molecule has 4 atom stereocenters. The number of likely N-dealkylation sites (tertiary alicyclic amines) is 1. The normalized spacial score (nSPS) is 27.0. The molecule has 3 heterocycles. The highest BCUT2D eigenvalue weighted by Gasteiger charge is 2.66. The van der Waals surface area contributed by atoms with E-state index >= 15 is 4.39 Å². The molecule has 2 aromatic carbocycles. The van der Waals surface area contributed by atoms with Crippen molar-refractivity contribution in [1.29, 1.82) is 0 Å². The Morgan fingerprint density at radius 3 is 2.54 bits per heavy atom. The van der Waals surface area contributed by atoms with Gasteiger partial charge in [-0.25, -0.2) is 13.2 Å². The van der Waals surface area contributed by atoms with Crippen molar-refractivity contribution in [3.63, 3.8) is 0 Å². The minimum absolute atomic E-state index is 0.0998. The number of fused-ring (bicyclic) bond motifs is 2. The van der Waals surface area contributed by atoms with E-state index in [9.17, 15) is 18.4 Å². The van der Waals surface area contributed by atoms with Crippen molar-refractivity contribution in [1.82, 2.24) is 15.5 Å². The summed E-state index contributed by atoms with van der Waals surface area (Å²) in [4.78, 5) is 29.9. The summed E-state index contributed by atoms with van der Waals surface area (Å²) in [5.41, 5.74) is -0.232. The molecule has 3 aliphatic heterocycles. The van der Waals surface area contributed by atoms with Crippen LogP contribution in [0, 0.1) is 11.2 Å². The summed E-state index contributed by atoms with van der Waals surface area (Å²) >= 11 is 12.5. The van der Waals surface area contributed by atoms with E-state index in [-0.39, 0.29) is 40.4 Å². The lowest BCUT2D eigenvalue weighted by Crippen LogP contribution is -2.52. The van der Waals surface area contributed by atoms with Gasteiger partial charge in [-0.1, -0.05) is 62.2 Å². The van der Waals surface area contributed by atoms with Crippen molar-refractivity contribution in [2.75, 3.05) is 25.0 Å². The van der Waals surface area contributed by atoms with Gasteiger partial charge in [0.2, 0.25) is 11.8 Å². The maximum atomic E-state index is 15.9. The number of rotatable bonds is 6. The molecule has 3 aliphatic rings. The second-order valence-corrected chi connectivity index (χ2v) is 13.4. The summed E-state index contributed by atoms with van der Waals surface area (Å²) in [6.07, 6.45) is -0.875. The Kier molecular flexibility index (Phi) is 8.38. The van der Waals surface area contributed by atoms with Crippen LogP contribution >= 0.6 is 23.2 Å². The van der Waals surface area contributed by atoms with Crippen molar-refractivity contribution < 1.29 is 22.8 Å². The smallest absolute Gasteiger partial charge is 0.251 e. The number of nitrogens with one attached hydrogen (secondary N) is 3. The Morgan fingerprint density at radius 2 is 1.88 bits per heavy atom. The molecule has 2 aromatic rings. The number of carbonyl (C=O) groups is 2. The van der Waals surface area contributed by atoms with Crippen LogP contribution in [-0.4, -0.2) is 60.9 Å². The van der Waals surface area contributed by atoms with Gasteiger partial charge in [0.15, 0.2) is 0 Å². The van der Waals surface area contributed by atoms with E-state index in [4.69, 9.17) is 23.2 Å². The Labute approximate surface area is 248 Å². The molecule has 1 spiro atoms. The van der Waals surface area contributed by atoms with E-state index in [1.54, 1.807) is 35.2 Å². The van der Waals surface area contributed by atoms with Gasteiger partial charge in [-0.2, -0.15) is 0 Å². The van der Waals surface area contributed by atoms with Crippen LogP contribution in [0.3, 0.4) is 0 Å². The van der Waals surface area contributed by atoms with Gasteiger partial charge in [0.05, 0.1) is 17.6 Å². The fraction of sp³-hybridized carbons (Fsp3) is 0.533. The molecule has 2 fully saturated rings. The van der Waals surface area contributed by atoms with Gasteiger partial charge in [0.1, 0.15) is 11.2 Å². The number of halogens is 5. The van der Waals surface area contributed by atoms with E-state index < -0.39 is 35.7 Å². The number of alkyl halides is 2. The summed E-state index contributed by atoms with van der Waals surface area (Å²) in [5, 5.41) is 9.85. The van der Waals surface area contributed by atoms with Gasteiger partial charge in [-0.05, 0) is 54.0 Å². The van der Waals surface area contributed by atoms with Crippen LogP contribution < -0.4 is 16.0 Å². The lowest BCUT2D eigenvalue weighted by molar-refractivity contribution is -0.124. The highest BCUT2D eigenvalue weighted by molar-refractivity contribution is 6.31. The third kappa shape index (κ3) is 5.70. The van der Waals surface area contributed by atoms with Gasteiger partial charge in [-0.3, -0.25) is 14.5 Å². The average molecular weight is 612 g/mol. The van der Waals surface area contributed by atoms with Crippen LogP contribution in [0.25, 0.3) is 0 Å². The third-order valence-corrected chi connectivity index (χ3v) is 9.08. The number of amides is 2. The monoisotopic (exact) mass is 610 g/mol. The summed E-state index contributed by atoms with van der Waals surface area (Å²) < 4.78 is 41.6. The van der Waals surface area contributed by atoms with Crippen LogP contribution in [0.5, 0.6) is 0 Å². The van der Waals surface area contributed by atoms with E-state index in [2.05, 4.69) is 16.0 Å². The summed E-state index contributed by atoms with van der Waals surface area (Å²) in [6, 6.07) is 8.05. The molecule has 4 unspecified atom stereocenters. The first-order valence-corrected chi connectivity index (χ1v) is 14.7. The van der Waals surface area contributed by atoms with Crippen molar-refractivity contribution in [3.05, 3.63) is 63.4 Å². The Hall–Kier alpha value is -2.33. The summed E-state index contributed by atoms with van der Waals surface area (Å²) in [5.74, 6) is -2.32. The standard InChI is InChI=1S/C30H35Cl2F3N4O2/c1-29(2,3)14-22-30(19-8-7-16(31)13-21(19)37-28(30)41)24(18-5-4-6-20(32)25(18)35)26(38-22)27(40)36-17-9-11-39(12-10-17)15-23(33)34/h4-8,13,17,22-24,26,38H,9-12,14-15H2,1-3H3,(H,36,40)(H,37,41). The van der Waals surface area contributed by atoms with Crippen molar-refractivity contribution in [2.24, 2.45) is 5.41 Å². The lowest BCUT2D eigenvalue weighted by atomic mass is 9.62. The first-order valence-electron chi connectivity index (χ1n) is 13.9. The minimum Gasteiger partial charge on any atom is -0.352 e. The second-order valence-electron chi connectivity index (χ2n) is 12.6. The zero-order chi connectivity index (χ0) is 29.7. The number of anilines is 1. The van der Waals surface area contributed by atoms with Crippen molar-refractivity contribution in [2.45, 2.75) is 75.9 Å². The maximum Gasteiger partial charge on any atom is 0.251 e. The molecular formula is C30H35Cl2F3N4O2. The molecular weight excluding hydrogens is 576 g/mol. The molecule has 6 nitrogen and oxygen atoms in total. The molecule has 5 rings (SSSR count). The predicted octanol–water partition coefficient (Wildman–Crippen LogP) is 5.73. The zero-order valence-corrected chi connectivity index (χ0v) is 24.8. The number of hydrogen-bond donors (Lipinski definition) is 3. The molecule has 2 saturated heterocycles. The van der Waals surface area contributed by atoms with Crippen LogP contribution in [0.4, 0.5) is 18.9 Å². The van der Waals surface area contributed by atoms with Gasteiger partial charge in [0.25, 0.3) is 6.43 Å². The number of piperidine rings is 1. The Balaban J connectivity index is 1.58. The SMILES string of the molecule is CC(C)(C)CC1NC(C(=O)NC2CCN(CC(F)F)CC2)C(c2cccc(Cl)c2F)C12C(=O)Nc1cc(Cl)ccc12. The molecule has 11 heteroatoms. The fourth-order valence-electron chi connectivity index (χ4n) is 6.90. The summed E-state index contributed by atoms with van der Waals surface area (Å²) in [7, 11) is 0. The molecule has 0 radical (unpaired) electrons. The molecule has 0 bridgehead atoms. The average Bonchev–Trinajstić information content (AvgIpc) is 3.35. The number of hydrogen-bond acceptors (Lipinski definition) is 4. The topological polar surface area (TPSA) is 73.5 Å². The van der Waals surface area contributed by atoms with Crippen LogP contribution in [0.1, 0.15) is 57.1 Å². The highest BCUT2D eigenvalue weighted by atomic mass is 35.5. The molecule has 0 aliphatic carbocycles. The van der Waals surface area contributed by atoms with E-state index in [0.717, 1.165) is 0 Å². The fourth-order valence-corrected chi connectivity index (χ4v) is 7.25. The van der Waals surface area contributed by atoms with E-state index in [1.807, 2.05) is 20.8 Å². The Bertz CT molecular complexity index is 1330. The molecule has 2 amide bonds.